The van der Waals surface area contributed by atoms with Crippen molar-refractivity contribution in [2.24, 2.45) is 0 Å². The SMILES string of the molecule is O=c1[nH]c(Cl)ncc1-c1ccc(Br)cc1. The Hall–Kier alpha value is -1.13. The summed E-state index contributed by atoms with van der Waals surface area (Å²) < 4.78 is 0.963. The van der Waals surface area contributed by atoms with Crippen LogP contribution in [0.4, 0.5) is 0 Å². The molecule has 5 heteroatoms. The second kappa shape index (κ2) is 4.16. The van der Waals surface area contributed by atoms with E-state index >= 15 is 0 Å². The van der Waals surface area contributed by atoms with Crippen LogP contribution in [0, 0.1) is 0 Å². The number of H-pyrrole nitrogens is 1. The molecule has 0 saturated carbocycles. The number of nitrogens with one attached hydrogen (secondary N) is 1. The van der Waals surface area contributed by atoms with E-state index in [1.807, 2.05) is 24.3 Å². The van der Waals surface area contributed by atoms with Crippen molar-refractivity contribution < 1.29 is 0 Å². The van der Waals surface area contributed by atoms with Crippen LogP contribution in [-0.4, -0.2) is 9.97 Å². The van der Waals surface area contributed by atoms with Crippen LogP contribution < -0.4 is 5.56 Å². The van der Waals surface area contributed by atoms with Gasteiger partial charge in [-0.15, -0.1) is 0 Å². The summed E-state index contributed by atoms with van der Waals surface area (Å²) in [6, 6.07) is 7.40. The van der Waals surface area contributed by atoms with E-state index in [0.29, 0.717) is 5.56 Å². The number of nitrogens with zero attached hydrogens (tertiary/aromatic N) is 1. The minimum Gasteiger partial charge on any atom is -0.297 e. The molecule has 1 aromatic heterocycles. The van der Waals surface area contributed by atoms with E-state index in [-0.39, 0.29) is 10.8 Å². The topological polar surface area (TPSA) is 45.8 Å². The third kappa shape index (κ3) is 2.27. The number of aromatic nitrogens is 2. The van der Waals surface area contributed by atoms with Crippen LogP contribution in [0.5, 0.6) is 0 Å². The Bertz CT molecular complexity index is 536. The standard InChI is InChI=1S/C10H6BrClN2O/c11-7-3-1-6(2-4-7)8-5-13-10(12)14-9(8)15/h1-5H,(H,13,14,15). The first-order valence-electron chi connectivity index (χ1n) is 4.17. The lowest BCUT2D eigenvalue weighted by Gasteiger charge is -1.99. The van der Waals surface area contributed by atoms with Gasteiger partial charge in [-0.2, -0.15) is 0 Å². The summed E-state index contributed by atoms with van der Waals surface area (Å²) in [7, 11) is 0. The number of hydrogen-bond acceptors (Lipinski definition) is 2. The van der Waals surface area contributed by atoms with E-state index in [2.05, 4.69) is 25.9 Å². The van der Waals surface area contributed by atoms with Gasteiger partial charge < -0.3 is 0 Å². The molecular formula is C10H6BrClN2O. The first-order chi connectivity index (χ1) is 7.16. The zero-order valence-electron chi connectivity index (χ0n) is 7.50. The largest absolute Gasteiger partial charge is 0.297 e. The summed E-state index contributed by atoms with van der Waals surface area (Å²) >= 11 is 8.88. The molecule has 0 saturated heterocycles. The molecule has 2 rings (SSSR count). The summed E-state index contributed by atoms with van der Waals surface area (Å²) in [4.78, 5) is 17.8. The quantitative estimate of drug-likeness (QED) is 0.819. The van der Waals surface area contributed by atoms with Gasteiger partial charge in [0.1, 0.15) is 0 Å². The van der Waals surface area contributed by atoms with Crippen molar-refractivity contribution in [1.29, 1.82) is 0 Å². The monoisotopic (exact) mass is 284 g/mol. The molecule has 1 aromatic carbocycles. The summed E-state index contributed by atoms with van der Waals surface area (Å²) in [5, 5.41) is 0.0980. The average Bonchev–Trinajstić information content (AvgIpc) is 2.20. The lowest BCUT2D eigenvalue weighted by atomic mass is 10.1. The van der Waals surface area contributed by atoms with E-state index in [0.717, 1.165) is 10.0 Å². The molecule has 0 amide bonds. The van der Waals surface area contributed by atoms with Crippen molar-refractivity contribution in [1.82, 2.24) is 9.97 Å². The molecule has 0 aliphatic heterocycles. The summed E-state index contributed by atoms with van der Waals surface area (Å²) in [6.45, 7) is 0. The van der Waals surface area contributed by atoms with Crippen molar-refractivity contribution in [3.05, 3.63) is 50.6 Å². The van der Waals surface area contributed by atoms with Gasteiger partial charge in [0.05, 0.1) is 5.56 Å². The second-order valence-corrected chi connectivity index (χ2v) is 4.20. The zero-order chi connectivity index (χ0) is 10.8. The third-order valence-corrected chi connectivity index (χ3v) is 2.64. The first-order valence-corrected chi connectivity index (χ1v) is 5.34. The molecule has 0 radical (unpaired) electrons. The van der Waals surface area contributed by atoms with Crippen LogP contribution in [0.1, 0.15) is 0 Å². The lowest BCUT2D eigenvalue weighted by Crippen LogP contribution is -2.09. The van der Waals surface area contributed by atoms with Gasteiger partial charge in [-0.25, -0.2) is 4.98 Å². The van der Waals surface area contributed by atoms with Gasteiger partial charge in [0.2, 0.25) is 5.28 Å². The second-order valence-electron chi connectivity index (χ2n) is 2.92. The summed E-state index contributed by atoms with van der Waals surface area (Å²) in [5.74, 6) is 0. The Morgan fingerprint density at radius 1 is 1.27 bits per heavy atom. The minimum atomic E-state index is -0.239. The van der Waals surface area contributed by atoms with Crippen molar-refractivity contribution in [3.63, 3.8) is 0 Å². The van der Waals surface area contributed by atoms with Crippen LogP contribution >= 0.6 is 27.5 Å². The van der Waals surface area contributed by atoms with Crippen LogP contribution in [0.2, 0.25) is 5.28 Å². The van der Waals surface area contributed by atoms with Gasteiger partial charge in [-0.1, -0.05) is 28.1 Å². The van der Waals surface area contributed by atoms with Crippen LogP contribution in [-0.2, 0) is 0 Å². The van der Waals surface area contributed by atoms with Gasteiger partial charge in [-0.05, 0) is 29.3 Å². The highest BCUT2D eigenvalue weighted by molar-refractivity contribution is 9.10. The average molecular weight is 286 g/mol. The molecule has 1 N–H and O–H groups in total. The summed E-state index contributed by atoms with van der Waals surface area (Å²) in [6.07, 6.45) is 1.46. The maximum atomic E-state index is 11.5. The Labute approximate surface area is 99.3 Å². The predicted molar refractivity (Wildman–Crippen MR) is 63.0 cm³/mol. The van der Waals surface area contributed by atoms with Crippen molar-refractivity contribution in [3.8, 4) is 11.1 Å². The van der Waals surface area contributed by atoms with Crippen LogP contribution in [0.15, 0.2) is 39.7 Å². The Morgan fingerprint density at radius 3 is 2.53 bits per heavy atom. The Morgan fingerprint density at radius 2 is 1.93 bits per heavy atom. The molecule has 2 aromatic rings. The molecule has 0 unspecified atom stereocenters. The lowest BCUT2D eigenvalue weighted by molar-refractivity contribution is 1.12. The molecule has 76 valence electrons. The zero-order valence-corrected chi connectivity index (χ0v) is 9.84. The van der Waals surface area contributed by atoms with Gasteiger partial charge in [-0.3, -0.25) is 9.78 Å². The van der Waals surface area contributed by atoms with E-state index < -0.39 is 0 Å². The highest BCUT2D eigenvalue weighted by Gasteiger charge is 2.03. The molecule has 0 spiro atoms. The maximum Gasteiger partial charge on any atom is 0.259 e. The molecule has 0 aliphatic carbocycles. The molecule has 15 heavy (non-hydrogen) atoms. The number of hydrogen-bond donors (Lipinski definition) is 1. The molecule has 3 nitrogen and oxygen atoms in total. The Balaban J connectivity index is 2.55. The van der Waals surface area contributed by atoms with Crippen molar-refractivity contribution in [2.75, 3.05) is 0 Å². The fourth-order valence-corrected chi connectivity index (χ4v) is 1.61. The third-order valence-electron chi connectivity index (χ3n) is 1.92. The van der Waals surface area contributed by atoms with Crippen LogP contribution in [0.3, 0.4) is 0 Å². The number of rotatable bonds is 1. The first kappa shape index (κ1) is 10.4. The van der Waals surface area contributed by atoms with Gasteiger partial charge in [0, 0.05) is 10.7 Å². The predicted octanol–water partition coefficient (Wildman–Crippen LogP) is 2.85. The molecular weight excluding hydrogens is 279 g/mol. The number of aromatic amines is 1. The maximum absolute atomic E-state index is 11.5. The van der Waals surface area contributed by atoms with Gasteiger partial charge in [0.15, 0.2) is 0 Å². The Kier molecular flexibility index (Phi) is 2.88. The highest BCUT2D eigenvalue weighted by atomic mass is 79.9. The molecule has 0 fully saturated rings. The normalized spacial score (nSPS) is 10.3. The molecule has 0 aliphatic rings. The van der Waals surface area contributed by atoms with E-state index in [1.54, 1.807) is 0 Å². The van der Waals surface area contributed by atoms with E-state index in [1.165, 1.54) is 6.20 Å². The van der Waals surface area contributed by atoms with E-state index in [4.69, 9.17) is 11.6 Å². The summed E-state index contributed by atoms with van der Waals surface area (Å²) in [5.41, 5.74) is 1.08. The van der Waals surface area contributed by atoms with Crippen molar-refractivity contribution >= 4 is 27.5 Å². The number of halogens is 2. The smallest absolute Gasteiger partial charge is 0.259 e. The van der Waals surface area contributed by atoms with E-state index in [9.17, 15) is 4.79 Å². The van der Waals surface area contributed by atoms with Gasteiger partial charge >= 0.3 is 0 Å². The van der Waals surface area contributed by atoms with Crippen LogP contribution in [0.25, 0.3) is 11.1 Å². The fourth-order valence-electron chi connectivity index (χ4n) is 1.21. The van der Waals surface area contributed by atoms with Gasteiger partial charge in [0.25, 0.3) is 5.56 Å². The highest BCUT2D eigenvalue weighted by Crippen LogP contribution is 2.18. The molecule has 1 heterocycles. The fraction of sp³-hybridized carbons (Fsp3) is 0. The molecule has 0 bridgehead atoms. The molecule has 0 atom stereocenters. The van der Waals surface area contributed by atoms with Crippen molar-refractivity contribution in [2.45, 2.75) is 0 Å². The minimum absolute atomic E-state index is 0.0980. The number of benzene rings is 1.